The zero-order valence-electron chi connectivity index (χ0n) is 12.6. The highest BCUT2D eigenvalue weighted by Gasteiger charge is 2.21. The molecule has 2 N–H and O–H groups in total. The van der Waals surface area contributed by atoms with Gasteiger partial charge in [0.2, 0.25) is 0 Å². The molecule has 21 heavy (non-hydrogen) atoms. The Morgan fingerprint density at radius 2 is 2.29 bits per heavy atom. The van der Waals surface area contributed by atoms with Gasteiger partial charge in [-0.25, -0.2) is 0 Å². The molecule has 0 aliphatic carbocycles. The van der Waals surface area contributed by atoms with Crippen molar-refractivity contribution in [2.75, 3.05) is 26.3 Å². The van der Waals surface area contributed by atoms with Gasteiger partial charge >= 0.3 is 0 Å². The monoisotopic (exact) mass is 292 g/mol. The molecule has 5 nitrogen and oxygen atoms in total. The number of rotatable bonds is 7. The van der Waals surface area contributed by atoms with Crippen LogP contribution in [0.4, 0.5) is 0 Å². The van der Waals surface area contributed by atoms with Gasteiger partial charge in [-0.2, -0.15) is 0 Å². The molecular formula is C16H24N2O3. The Kier molecular flexibility index (Phi) is 6.02. The van der Waals surface area contributed by atoms with Gasteiger partial charge in [0.25, 0.3) is 5.91 Å². The van der Waals surface area contributed by atoms with Crippen molar-refractivity contribution >= 4 is 5.91 Å². The van der Waals surface area contributed by atoms with Crippen LogP contribution in [-0.4, -0.2) is 43.2 Å². The average molecular weight is 292 g/mol. The molecular weight excluding hydrogens is 268 g/mol. The second-order valence-electron chi connectivity index (χ2n) is 5.17. The molecule has 0 saturated carbocycles. The van der Waals surface area contributed by atoms with Crippen LogP contribution < -0.4 is 10.5 Å². The van der Waals surface area contributed by atoms with Crippen LogP contribution in [0, 0.1) is 0 Å². The number of hydrogen-bond acceptors (Lipinski definition) is 4. The molecule has 1 fully saturated rings. The summed E-state index contributed by atoms with van der Waals surface area (Å²) in [5.41, 5.74) is 6.57. The fourth-order valence-corrected chi connectivity index (χ4v) is 2.49. The summed E-state index contributed by atoms with van der Waals surface area (Å²) in [6, 6.07) is 7.53. The lowest BCUT2D eigenvalue weighted by atomic mass is 10.2. The number of hydrogen-bond donors (Lipinski definition) is 1. The van der Waals surface area contributed by atoms with Crippen LogP contribution in [0.15, 0.2) is 24.3 Å². The lowest BCUT2D eigenvalue weighted by Crippen LogP contribution is -2.40. The van der Waals surface area contributed by atoms with Crippen LogP contribution >= 0.6 is 0 Å². The van der Waals surface area contributed by atoms with Crippen molar-refractivity contribution in [2.24, 2.45) is 5.73 Å². The van der Waals surface area contributed by atoms with Gasteiger partial charge in [0.1, 0.15) is 5.75 Å². The molecule has 1 aliphatic heterocycles. The largest absolute Gasteiger partial charge is 0.483 e. The van der Waals surface area contributed by atoms with Crippen molar-refractivity contribution < 1.29 is 14.3 Å². The van der Waals surface area contributed by atoms with Crippen LogP contribution in [0.25, 0.3) is 0 Å². The van der Waals surface area contributed by atoms with E-state index in [0.29, 0.717) is 25.4 Å². The highest BCUT2D eigenvalue weighted by molar-refractivity contribution is 5.77. The van der Waals surface area contributed by atoms with Crippen LogP contribution in [0.3, 0.4) is 0 Å². The van der Waals surface area contributed by atoms with Crippen LogP contribution in [-0.2, 0) is 16.1 Å². The topological polar surface area (TPSA) is 64.8 Å². The van der Waals surface area contributed by atoms with Crippen molar-refractivity contribution in [3.8, 4) is 5.75 Å². The van der Waals surface area contributed by atoms with Gasteiger partial charge in [-0.15, -0.1) is 0 Å². The molecule has 1 aromatic rings. The minimum atomic E-state index is -0.0141. The molecule has 5 heteroatoms. The lowest BCUT2D eigenvalue weighted by molar-refractivity contribution is -0.134. The van der Waals surface area contributed by atoms with Gasteiger partial charge in [0.15, 0.2) is 6.61 Å². The average Bonchev–Trinajstić information content (AvgIpc) is 3.03. The molecule has 0 spiro atoms. The third kappa shape index (κ3) is 4.44. The fourth-order valence-electron chi connectivity index (χ4n) is 2.49. The number of ether oxygens (including phenoxy) is 2. The van der Waals surface area contributed by atoms with Gasteiger partial charge in [-0.3, -0.25) is 4.79 Å². The SMILES string of the molecule is CCN(CC1CCCO1)C(=O)COc1ccccc1CN. The van der Waals surface area contributed by atoms with Crippen LogP contribution in [0.5, 0.6) is 5.75 Å². The maximum atomic E-state index is 12.2. The number of para-hydroxylation sites is 1. The quantitative estimate of drug-likeness (QED) is 0.828. The van der Waals surface area contributed by atoms with Crippen molar-refractivity contribution in [2.45, 2.75) is 32.4 Å². The van der Waals surface area contributed by atoms with Crippen molar-refractivity contribution in [3.63, 3.8) is 0 Å². The van der Waals surface area contributed by atoms with Gasteiger partial charge in [0.05, 0.1) is 6.10 Å². The molecule has 1 aromatic carbocycles. The number of benzene rings is 1. The predicted molar refractivity (Wildman–Crippen MR) is 81.1 cm³/mol. The number of nitrogens with zero attached hydrogens (tertiary/aromatic N) is 1. The summed E-state index contributed by atoms with van der Waals surface area (Å²) < 4.78 is 11.2. The third-order valence-electron chi connectivity index (χ3n) is 3.73. The van der Waals surface area contributed by atoms with E-state index in [1.807, 2.05) is 31.2 Å². The fraction of sp³-hybridized carbons (Fsp3) is 0.562. The van der Waals surface area contributed by atoms with E-state index in [9.17, 15) is 4.79 Å². The summed E-state index contributed by atoms with van der Waals surface area (Å²) >= 11 is 0. The van der Waals surface area contributed by atoms with E-state index in [4.69, 9.17) is 15.2 Å². The van der Waals surface area contributed by atoms with E-state index in [0.717, 1.165) is 25.0 Å². The second-order valence-corrected chi connectivity index (χ2v) is 5.17. The first-order chi connectivity index (χ1) is 10.2. The van der Waals surface area contributed by atoms with Crippen LogP contribution in [0.2, 0.25) is 0 Å². The van der Waals surface area contributed by atoms with E-state index in [-0.39, 0.29) is 18.6 Å². The molecule has 1 aliphatic rings. The summed E-state index contributed by atoms with van der Waals surface area (Å²) in [6.07, 6.45) is 2.28. The molecule has 1 heterocycles. The first-order valence-electron chi connectivity index (χ1n) is 7.54. The summed E-state index contributed by atoms with van der Waals surface area (Å²) in [7, 11) is 0. The maximum Gasteiger partial charge on any atom is 0.260 e. The number of amides is 1. The zero-order chi connectivity index (χ0) is 15.1. The van der Waals surface area contributed by atoms with Gasteiger partial charge in [-0.1, -0.05) is 18.2 Å². The second kappa shape index (κ2) is 8.00. The van der Waals surface area contributed by atoms with E-state index in [2.05, 4.69) is 0 Å². The standard InChI is InChI=1S/C16H24N2O3/c1-2-18(11-14-7-5-9-20-14)16(19)12-21-15-8-4-3-6-13(15)10-17/h3-4,6,8,14H,2,5,7,9-12,17H2,1H3. The van der Waals surface area contributed by atoms with Crippen molar-refractivity contribution in [1.29, 1.82) is 0 Å². The van der Waals surface area contributed by atoms with Gasteiger partial charge < -0.3 is 20.1 Å². The lowest BCUT2D eigenvalue weighted by Gasteiger charge is -2.24. The van der Waals surface area contributed by atoms with Gasteiger partial charge in [-0.05, 0) is 25.8 Å². The molecule has 0 radical (unpaired) electrons. The Balaban J connectivity index is 1.86. The first kappa shape index (κ1) is 15.8. The third-order valence-corrected chi connectivity index (χ3v) is 3.73. The highest BCUT2D eigenvalue weighted by atomic mass is 16.5. The summed E-state index contributed by atoms with van der Waals surface area (Å²) in [5.74, 6) is 0.668. The Morgan fingerprint density at radius 1 is 1.48 bits per heavy atom. The molecule has 116 valence electrons. The number of nitrogens with two attached hydrogens (primary N) is 1. The summed E-state index contributed by atoms with van der Waals surface area (Å²) in [6.45, 7) is 4.53. The van der Waals surface area contributed by atoms with Crippen molar-refractivity contribution in [3.05, 3.63) is 29.8 Å². The molecule has 1 atom stereocenters. The summed E-state index contributed by atoms with van der Waals surface area (Å²) in [5, 5.41) is 0. The van der Waals surface area contributed by atoms with E-state index in [1.54, 1.807) is 4.90 Å². The minimum absolute atomic E-state index is 0.0141. The molecule has 0 aromatic heterocycles. The molecule has 2 rings (SSSR count). The molecule has 0 bridgehead atoms. The highest BCUT2D eigenvalue weighted by Crippen LogP contribution is 2.17. The Labute approximate surface area is 126 Å². The number of likely N-dealkylation sites (N-methyl/N-ethyl adjacent to an activating group) is 1. The predicted octanol–water partition coefficient (Wildman–Crippen LogP) is 1.55. The van der Waals surface area contributed by atoms with E-state index < -0.39 is 0 Å². The summed E-state index contributed by atoms with van der Waals surface area (Å²) in [4.78, 5) is 14.0. The minimum Gasteiger partial charge on any atom is -0.483 e. The molecule has 1 saturated heterocycles. The van der Waals surface area contributed by atoms with Crippen LogP contribution in [0.1, 0.15) is 25.3 Å². The van der Waals surface area contributed by atoms with E-state index in [1.165, 1.54) is 0 Å². The molecule has 1 unspecified atom stereocenters. The number of carbonyl (C=O) groups excluding carboxylic acids is 1. The normalized spacial score (nSPS) is 17.7. The van der Waals surface area contributed by atoms with Gasteiger partial charge in [0, 0.05) is 31.8 Å². The Hall–Kier alpha value is -1.59. The molecule has 1 amide bonds. The zero-order valence-corrected chi connectivity index (χ0v) is 12.6. The van der Waals surface area contributed by atoms with Crippen molar-refractivity contribution in [1.82, 2.24) is 4.90 Å². The number of carbonyl (C=O) groups is 1. The first-order valence-corrected chi connectivity index (χ1v) is 7.54. The smallest absolute Gasteiger partial charge is 0.260 e. The Bertz CT molecular complexity index is 459. The Morgan fingerprint density at radius 3 is 2.95 bits per heavy atom. The van der Waals surface area contributed by atoms with E-state index >= 15 is 0 Å². The maximum absolute atomic E-state index is 12.2.